The lowest BCUT2D eigenvalue weighted by molar-refractivity contribution is -0.151. The Balaban J connectivity index is 3.77. The number of rotatable bonds is 5. The Labute approximate surface area is 89.1 Å². The van der Waals surface area contributed by atoms with Crippen molar-refractivity contribution in [3.05, 3.63) is 0 Å². The first-order valence-corrected chi connectivity index (χ1v) is 4.57. The van der Waals surface area contributed by atoms with Crippen molar-refractivity contribution in [2.75, 3.05) is 27.7 Å². The molecule has 0 aliphatic rings. The molecule has 0 saturated carbocycles. The molecule has 0 bridgehead atoms. The average molecular weight is 215 g/mol. The maximum absolute atomic E-state index is 11.0. The third kappa shape index (κ3) is 5.66. The van der Waals surface area contributed by atoms with E-state index < -0.39 is 11.8 Å². The lowest BCUT2D eigenvalue weighted by Crippen LogP contribution is -2.30. The number of guanidine groups is 1. The minimum atomic E-state index is -0.806. The molecule has 6 heteroatoms. The number of hydrogen-bond donors (Lipinski definition) is 1. The molecule has 0 atom stereocenters. The Morgan fingerprint density at radius 1 is 1.40 bits per heavy atom. The van der Waals surface area contributed by atoms with Crippen molar-refractivity contribution in [1.82, 2.24) is 4.90 Å². The van der Waals surface area contributed by atoms with Crippen LogP contribution in [0.3, 0.4) is 0 Å². The smallest absolute Gasteiger partial charge is 0.374 e. The molecule has 0 aromatic heterocycles. The molecule has 15 heavy (non-hydrogen) atoms. The SMILES string of the molecule is COC(=O)C(=O)CCCN=C(N)N(C)C. The largest absolute Gasteiger partial charge is 0.463 e. The van der Waals surface area contributed by atoms with Gasteiger partial charge in [0.05, 0.1) is 7.11 Å². The third-order valence-electron chi connectivity index (χ3n) is 1.71. The monoisotopic (exact) mass is 215 g/mol. The molecule has 0 rings (SSSR count). The number of carbonyl (C=O) groups excluding carboxylic acids is 2. The van der Waals surface area contributed by atoms with Gasteiger partial charge in [-0.05, 0) is 6.42 Å². The van der Waals surface area contributed by atoms with Gasteiger partial charge in [0.1, 0.15) is 0 Å². The molecule has 86 valence electrons. The summed E-state index contributed by atoms with van der Waals surface area (Å²) in [5.74, 6) is -0.934. The van der Waals surface area contributed by atoms with Crippen LogP contribution in [0.25, 0.3) is 0 Å². The van der Waals surface area contributed by atoms with Crippen LogP contribution in [-0.2, 0) is 14.3 Å². The Hall–Kier alpha value is -1.59. The van der Waals surface area contributed by atoms with Crippen molar-refractivity contribution in [2.45, 2.75) is 12.8 Å². The first-order valence-electron chi connectivity index (χ1n) is 4.57. The number of nitrogens with two attached hydrogens (primary N) is 1. The van der Waals surface area contributed by atoms with Gasteiger partial charge in [-0.25, -0.2) is 4.79 Å². The van der Waals surface area contributed by atoms with E-state index in [9.17, 15) is 9.59 Å². The highest BCUT2D eigenvalue weighted by molar-refractivity contribution is 6.33. The standard InChI is InChI=1S/C9H17N3O3/c1-12(2)9(10)11-6-4-5-7(13)8(14)15-3/h4-6H2,1-3H3,(H2,10,11). The lowest BCUT2D eigenvalue weighted by atomic mass is 10.2. The van der Waals surface area contributed by atoms with E-state index in [4.69, 9.17) is 5.73 Å². The van der Waals surface area contributed by atoms with E-state index in [0.29, 0.717) is 18.9 Å². The maximum atomic E-state index is 11.0. The summed E-state index contributed by atoms with van der Waals surface area (Å²) in [5.41, 5.74) is 5.52. The Morgan fingerprint density at radius 3 is 2.47 bits per heavy atom. The van der Waals surface area contributed by atoms with Crippen LogP contribution >= 0.6 is 0 Å². The molecule has 0 amide bonds. The van der Waals surface area contributed by atoms with E-state index >= 15 is 0 Å². The predicted octanol–water partition coefficient (Wildman–Crippen LogP) is -0.615. The highest BCUT2D eigenvalue weighted by Gasteiger charge is 2.12. The Kier molecular flexibility index (Phi) is 6.08. The van der Waals surface area contributed by atoms with Crippen molar-refractivity contribution in [2.24, 2.45) is 10.7 Å². The summed E-state index contributed by atoms with van der Waals surface area (Å²) in [4.78, 5) is 27.4. The molecular weight excluding hydrogens is 198 g/mol. The summed E-state index contributed by atoms with van der Waals surface area (Å²) in [5, 5.41) is 0. The number of nitrogens with zero attached hydrogens (tertiary/aromatic N) is 2. The molecule has 2 N–H and O–H groups in total. The van der Waals surface area contributed by atoms with Crippen LogP contribution in [0.1, 0.15) is 12.8 Å². The molecule has 0 aliphatic carbocycles. The highest BCUT2D eigenvalue weighted by Crippen LogP contribution is 1.94. The van der Waals surface area contributed by atoms with Gasteiger partial charge in [-0.2, -0.15) is 0 Å². The minimum absolute atomic E-state index is 0.136. The lowest BCUT2D eigenvalue weighted by Gasteiger charge is -2.09. The second-order valence-electron chi connectivity index (χ2n) is 3.15. The van der Waals surface area contributed by atoms with Gasteiger partial charge in [-0.15, -0.1) is 0 Å². The number of Topliss-reactive ketones (excluding diaryl/α,β-unsaturated/α-hetero) is 1. The maximum Gasteiger partial charge on any atom is 0.374 e. The summed E-state index contributed by atoms with van der Waals surface area (Å²) >= 11 is 0. The van der Waals surface area contributed by atoms with Crippen LogP contribution in [0.15, 0.2) is 4.99 Å². The molecule has 0 aliphatic heterocycles. The second-order valence-corrected chi connectivity index (χ2v) is 3.15. The van der Waals surface area contributed by atoms with Gasteiger partial charge < -0.3 is 15.4 Å². The molecule has 0 saturated heterocycles. The van der Waals surface area contributed by atoms with Crippen LogP contribution in [0, 0.1) is 0 Å². The summed E-state index contributed by atoms with van der Waals surface area (Å²) in [7, 11) is 4.74. The van der Waals surface area contributed by atoms with E-state index in [2.05, 4.69) is 9.73 Å². The fourth-order valence-corrected chi connectivity index (χ4v) is 0.791. The van der Waals surface area contributed by atoms with Gasteiger partial charge >= 0.3 is 5.97 Å². The number of ketones is 1. The first-order chi connectivity index (χ1) is 6.99. The zero-order valence-electron chi connectivity index (χ0n) is 9.32. The molecule has 0 spiro atoms. The van der Waals surface area contributed by atoms with E-state index in [1.807, 2.05) is 0 Å². The summed E-state index contributed by atoms with van der Waals surface area (Å²) in [6.07, 6.45) is 0.624. The van der Waals surface area contributed by atoms with Crippen molar-refractivity contribution in [3.63, 3.8) is 0 Å². The molecule has 0 aromatic rings. The van der Waals surface area contributed by atoms with Gasteiger partial charge in [-0.1, -0.05) is 0 Å². The molecule has 0 fully saturated rings. The van der Waals surface area contributed by atoms with Crippen LogP contribution in [-0.4, -0.2) is 50.4 Å². The number of hydrogen-bond acceptors (Lipinski definition) is 4. The second kappa shape index (κ2) is 6.80. The zero-order valence-corrected chi connectivity index (χ0v) is 9.32. The fourth-order valence-electron chi connectivity index (χ4n) is 0.791. The summed E-state index contributed by atoms with van der Waals surface area (Å²) in [6.45, 7) is 0.423. The highest BCUT2D eigenvalue weighted by atomic mass is 16.5. The van der Waals surface area contributed by atoms with Crippen LogP contribution in [0.2, 0.25) is 0 Å². The molecule has 0 aromatic carbocycles. The number of carbonyl (C=O) groups is 2. The van der Waals surface area contributed by atoms with Gasteiger partial charge in [0.25, 0.3) is 0 Å². The van der Waals surface area contributed by atoms with E-state index in [1.54, 1.807) is 19.0 Å². The molecule has 0 heterocycles. The van der Waals surface area contributed by atoms with Gasteiger partial charge in [0, 0.05) is 27.1 Å². The number of aliphatic imine (C=N–C) groups is 1. The fraction of sp³-hybridized carbons (Fsp3) is 0.667. The average Bonchev–Trinajstić information content (AvgIpc) is 2.22. The van der Waals surface area contributed by atoms with E-state index in [1.165, 1.54) is 7.11 Å². The predicted molar refractivity (Wildman–Crippen MR) is 56.4 cm³/mol. The van der Waals surface area contributed by atoms with Crippen LogP contribution in [0.5, 0.6) is 0 Å². The Morgan fingerprint density at radius 2 is 2.00 bits per heavy atom. The molecule has 0 unspecified atom stereocenters. The number of esters is 1. The molecule has 6 nitrogen and oxygen atoms in total. The van der Waals surface area contributed by atoms with Crippen molar-refractivity contribution < 1.29 is 14.3 Å². The normalized spacial score (nSPS) is 11.0. The van der Waals surface area contributed by atoms with Gasteiger partial charge in [0.15, 0.2) is 5.96 Å². The quantitative estimate of drug-likeness (QED) is 0.217. The number of methoxy groups -OCH3 is 1. The van der Waals surface area contributed by atoms with Crippen molar-refractivity contribution in [1.29, 1.82) is 0 Å². The molecule has 0 radical (unpaired) electrons. The molecular formula is C9H17N3O3. The minimum Gasteiger partial charge on any atom is -0.463 e. The number of ether oxygens (including phenoxy) is 1. The van der Waals surface area contributed by atoms with Crippen LogP contribution in [0.4, 0.5) is 0 Å². The van der Waals surface area contributed by atoms with E-state index in [0.717, 1.165) is 0 Å². The zero-order chi connectivity index (χ0) is 11.8. The third-order valence-corrected chi connectivity index (χ3v) is 1.71. The topological polar surface area (TPSA) is 85.0 Å². The van der Waals surface area contributed by atoms with E-state index in [-0.39, 0.29) is 6.42 Å². The van der Waals surface area contributed by atoms with Crippen molar-refractivity contribution in [3.8, 4) is 0 Å². The van der Waals surface area contributed by atoms with Gasteiger partial charge in [0.2, 0.25) is 5.78 Å². The van der Waals surface area contributed by atoms with Crippen molar-refractivity contribution >= 4 is 17.7 Å². The summed E-state index contributed by atoms with van der Waals surface area (Å²) < 4.78 is 4.27. The van der Waals surface area contributed by atoms with Gasteiger partial charge in [-0.3, -0.25) is 9.79 Å². The Bertz CT molecular complexity index is 261. The first kappa shape index (κ1) is 13.4. The summed E-state index contributed by atoms with van der Waals surface area (Å²) in [6, 6.07) is 0. The van der Waals surface area contributed by atoms with Crippen LogP contribution < -0.4 is 5.73 Å².